The van der Waals surface area contributed by atoms with Gasteiger partial charge in [-0.15, -0.1) is 0 Å². The number of nitrogens with one attached hydrogen (secondary N) is 1. The average Bonchev–Trinajstić information content (AvgIpc) is 2.79. The summed E-state index contributed by atoms with van der Waals surface area (Å²) in [5.74, 6) is -0.354. The highest BCUT2D eigenvalue weighted by molar-refractivity contribution is 7.89. The molecule has 2 aromatic rings. The van der Waals surface area contributed by atoms with Crippen molar-refractivity contribution in [2.24, 2.45) is 7.05 Å². The lowest BCUT2D eigenvalue weighted by Crippen LogP contribution is -2.43. The summed E-state index contributed by atoms with van der Waals surface area (Å²) in [6.07, 6.45) is 2.03. The minimum Gasteiger partial charge on any atom is -0.256 e. The maximum atomic E-state index is 13.1. The van der Waals surface area contributed by atoms with Crippen molar-refractivity contribution < 1.29 is 12.8 Å². The number of hydrogen-bond donors (Lipinski definition) is 1. The number of benzene rings is 1. The van der Waals surface area contributed by atoms with E-state index < -0.39 is 15.6 Å². The normalized spacial score (nSPS) is 14.8. The summed E-state index contributed by atoms with van der Waals surface area (Å²) in [6, 6.07) is 5.84. The Labute approximate surface area is 130 Å². The van der Waals surface area contributed by atoms with Gasteiger partial charge >= 0.3 is 0 Å². The van der Waals surface area contributed by atoms with E-state index in [9.17, 15) is 12.8 Å². The van der Waals surface area contributed by atoms with Crippen LogP contribution in [0.4, 0.5) is 4.39 Å². The van der Waals surface area contributed by atoms with Gasteiger partial charge in [-0.05, 0) is 38.0 Å². The molecule has 1 atom stereocenters. The second kappa shape index (κ2) is 5.81. The van der Waals surface area contributed by atoms with Crippen molar-refractivity contribution in [2.45, 2.75) is 37.8 Å². The third kappa shape index (κ3) is 3.05. The van der Waals surface area contributed by atoms with E-state index in [0.29, 0.717) is 17.5 Å². The lowest BCUT2D eigenvalue weighted by Gasteiger charge is -2.30. The molecule has 0 radical (unpaired) electrons. The molecule has 0 saturated heterocycles. The van der Waals surface area contributed by atoms with Crippen LogP contribution in [0.25, 0.3) is 0 Å². The highest BCUT2D eigenvalue weighted by Crippen LogP contribution is 2.27. The van der Waals surface area contributed by atoms with Crippen LogP contribution in [-0.4, -0.2) is 18.2 Å². The Bertz CT molecular complexity index is 749. The highest BCUT2D eigenvalue weighted by Gasteiger charge is 2.33. The first kappa shape index (κ1) is 16.6. The summed E-state index contributed by atoms with van der Waals surface area (Å²) in [7, 11) is -2.16. The second-order valence-electron chi connectivity index (χ2n) is 5.55. The largest absolute Gasteiger partial charge is 0.258 e. The highest BCUT2D eigenvalue weighted by atomic mass is 32.2. The fourth-order valence-electron chi connectivity index (χ4n) is 2.42. The molecule has 2 rings (SSSR count). The summed E-state index contributed by atoms with van der Waals surface area (Å²) in [5.41, 5.74) is 0.454. The molecule has 7 heteroatoms. The van der Waals surface area contributed by atoms with Crippen molar-refractivity contribution in [1.82, 2.24) is 14.5 Å². The average molecular weight is 325 g/mol. The lowest BCUT2D eigenvalue weighted by molar-refractivity contribution is 0.413. The first-order valence-corrected chi connectivity index (χ1v) is 8.46. The number of sulfonamides is 1. The van der Waals surface area contributed by atoms with Crippen LogP contribution in [0.15, 0.2) is 35.5 Å². The van der Waals surface area contributed by atoms with E-state index in [4.69, 9.17) is 0 Å². The molecule has 22 heavy (non-hydrogen) atoms. The number of halogens is 1. The van der Waals surface area contributed by atoms with Crippen molar-refractivity contribution >= 4 is 10.0 Å². The molecule has 1 aromatic heterocycles. The van der Waals surface area contributed by atoms with Gasteiger partial charge in [0.2, 0.25) is 0 Å². The first-order valence-electron chi connectivity index (χ1n) is 6.98. The smallest absolute Gasteiger partial charge is 0.256 e. The standard InChI is InChI=1S/C15H20FN3O2S/c1-5-15(3,12-6-8-13(16)9-7-12)18-22(20,21)14-11(2)10-17-19(14)4/h6-10,18H,5H2,1-4H3. The third-order valence-electron chi connectivity index (χ3n) is 3.86. The molecular weight excluding hydrogens is 305 g/mol. The second-order valence-corrected chi connectivity index (χ2v) is 7.15. The molecule has 0 aliphatic rings. The molecule has 1 heterocycles. The van der Waals surface area contributed by atoms with Crippen LogP contribution in [0, 0.1) is 12.7 Å². The van der Waals surface area contributed by atoms with E-state index in [1.807, 2.05) is 6.92 Å². The predicted octanol–water partition coefficient (Wildman–Crippen LogP) is 2.47. The van der Waals surface area contributed by atoms with E-state index >= 15 is 0 Å². The van der Waals surface area contributed by atoms with Crippen LogP contribution >= 0.6 is 0 Å². The zero-order valence-electron chi connectivity index (χ0n) is 13.1. The molecular formula is C15H20FN3O2S. The number of rotatable bonds is 5. The van der Waals surface area contributed by atoms with Crippen molar-refractivity contribution in [3.8, 4) is 0 Å². The van der Waals surface area contributed by atoms with E-state index in [1.165, 1.54) is 23.0 Å². The van der Waals surface area contributed by atoms with Gasteiger partial charge in [0.25, 0.3) is 10.0 Å². The van der Waals surface area contributed by atoms with Crippen LogP contribution in [0.3, 0.4) is 0 Å². The summed E-state index contributed by atoms with van der Waals surface area (Å²) in [5, 5.41) is 4.10. The SMILES string of the molecule is CCC(C)(NS(=O)(=O)c1c(C)cnn1C)c1ccc(F)cc1. The quantitative estimate of drug-likeness (QED) is 0.918. The van der Waals surface area contributed by atoms with Gasteiger partial charge in [-0.3, -0.25) is 4.68 Å². The van der Waals surface area contributed by atoms with E-state index in [2.05, 4.69) is 9.82 Å². The monoisotopic (exact) mass is 325 g/mol. The van der Waals surface area contributed by atoms with Crippen LogP contribution in [0.2, 0.25) is 0 Å². The van der Waals surface area contributed by atoms with Gasteiger partial charge in [-0.2, -0.15) is 9.82 Å². The molecule has 1 unspecified atom stereocenters. The molecule has 0 amide bonds. The van der Waals surface area contributed by atoms with Gasteiger partial charge in [-0.25, -0.2) is 12.8 Å². The number of nitrogens with zero attached hydrogens (tertiary/aromatic N) is 2. The molecule has 0 spiro atoms. The molecule has 0 bridgehead atoms. The minimum atomic E-state index is -3.75. The molecule has 0 fully saturated rings. The van der Waals surface area contributed by atoms with Crippen LogP contribution in [0.5, 0.6) is 0 Å². The zero-order chi connectivity index (χ0) is 16.5. The Kier molecular flexibility index (Phi) is 4.39. The van der Waals surface area contributed by atoms with Crippen molar-refractivity contribution in [3.05, 3.63) is 47.4 Å². The van der Waals surface area contributed by atoms with Gasteiger partial charge in [-0.1, -0.05) is 19.1 Å². The molecule has 5 nitrogen and oxygen atoms in total. The van der Waals surface area contributed by atoms with E-state index in [-0.39, 0.29) is 10.8 Å². The van der Waals surface area contributed by atoms with Crippen molar-refractivity contribution in [1.29, 1.82) is 0 Å². The minimum absolute atomic E-state index is 0.134. The third-order valence-corrected chi connectivity index (χ3v) is 5.67. The molecule has 1 N–H and O–H groups in total. The van der Waals surface area contributed by atoms with Crippen molar-refractivity contribution in [3.63, 3.8) is 0 Å². The van der Waals surface area contributed by atoms with Gasteiger partial charge < -0.3 is 0 Å². The van der Waals surface area contributed by atoms with Crippen LogP contribution < -0.4 is 4.72 Å². The predicted molar refractivity (Wildman–Crippen MR) is 82.3 cm³/mol. The summed E-state index contributed by atoms with van der Waals surface area (Å²) >= 11 is 0. The van der Waals surface area contributed by atoms with E-state index in [0.717, 1.165) is 0 Å². The number of aryl methyl sites for hydroxylation is 2. The fraction of sp³-hybridized carbons (Fsp3) is 0.400. The Morgan fingerprint density at radius 2 is 1.91 bits per heavy atom. The van der Waals surface area contributed by atoms with Gasteiger partial charge in [0.15, 0.2) is 5.03 Å². The summed E-state index contributed by atoms with van der Waals surface area (Å²) in [4.78, 5) is 0. The van der Waals surface area contributed by atoms with Gasteiger partial charge in [0.05, 0.1) is 11.7 Å². The summed E-state index contributed by atoms with van der Waals surface area (Å²) < 4.78 is 42.6. The fourth-order valence-corrected chi connectivity index (χ4v) is 4.24. The van der Waals surface area contributed by atoms with Crippen molar-refractivity contribution in [2.75, 3.05) is 0 Å². The Morgan fingerprint density at radius 1 is 1.32 bits per heavy atom. The number of hydrogen-bond acceptors (Lipinski definition) is 3. The van der Waals surface area contributed by atoms with Gasteiger partial charge in [0.1, 0.15) is 5.82 Å². The molecule has 0 aliphatic carbocycles. The first-order chi connectivity index (χ1) is 10.2. The molecule has 0 aliphatic heterocycles. The maximum absolute atomic E-state index is 13.1. The molecule has 0 saturated carbocycles. The Balaban J connectivity index is 2.43. The Morgan fingerprint density at radius 3 is 2.36 bits per heavy atom. The van der Waals surface area contributed by atoms with E-state index in [1.54, 1.807) is 33.0 Å². The number of aromatic nitrogens is 2. The summed E-state index contributed by atoms with van der Waals surface area (Å²) in [6.45, 7) is 5.36. The molecule has 120 valence electrons. The van der Waals surface area contributed by atoms with Crippen LogP contribution in [0.1, 0.15) is 31.4 Å². The molecule has 1 aromatic carbocycles. The van der Waals surface area contributed by atoms with Crippen LogP contribution in [-0.2, 0) is 22.6 Å². The Hall–Kier alpha value is -1.73. The van der Waals surface area contributed by atoms with Gasteiger partial charge in [0, 0.05) is 12.6 Å². The maximum Gasteiger partial charge on any atom is 0.258 e. The topological polar surface area (TPSA) is 64.0 Å². The zero-order valence-corrected chi connectivity index (χ0v) is 13.9. The lowest BCUT2D eigenvalue weighted by atomic mass is 9.91.